The van der Waals surface area contributed by atoms with E-state index in [0.717, 1.165) is 29.4 Å². The number of rotatable bonds is 5. The lowest BCUT2D eigenvalue weighted by molar-refractivity contribution is -0.673. The van der Waals surface area contributed by atoms with E-state index in [2.05, 4.69) is 53.7 Å². The van der Waals surface area contributed by atoms with Crippen molar-refractivity contribution in [1.82, 2.24) is 0 Å². The Labute approximate surface area is 132 Å². The summed E-state index contributed by atoms with van der Waals surface area (Å²) in [4.78, 5) is 2.29. The van der Waals surface area contributed by atoms with Crippen molar-refractivity contribution in [1.29, 1.82) is 0 Å². The Kier molecular flexibility index (Phi) is 5.40. The minimum atomic E-state index is 0.786. The quantitative estimate of drug-likeness (QED) is 0.751. The van der Waals surface area contributed by atoms with Crippen LogP contribution >= 0.6 is 11.6 Å². The van der Waals surface area contributed by atoms with E-state index in [1.165, 1.54) is 5.69 Å². The fraction of sp³-hybridized carbons (Fsp3) is 0.278. The number of hydrogen-bond donors (Lipinski definition) is 0. The van der Waals surface area contributed by atoms with E-state index in [1.54, 1.807) is 0 Å². The highest BCUT2D eigenvalue weighted by Crippen LogP contribution is 2.25. The number of nitrogens with zero attached hydrogens (tertiary/aromatic N) is 2. The van der Waals surface area contributed by atoms with Gasteiger partial charge in [-0.25, -0.2) is 4.57 Å². The third-order valence-electron chi connectivity index (χ3n) is 3.64. The standard InChI is InChI=1S/C18H22ClN2/c1-4-21(5-2)17-12-10-15(18(19)14-17)9-11-16-8-6-7-13-20(16)3/h6-14H,4-5H2,1-3H3/q+1. The first-order chi connectivity index (χ1) is 10.2. The second-order valence-corrected chi connectivity index (χ2v) is 5.36. The van der Waals surface area contributed by atoms with Crippen LogP contribution in [0.2, 0.25) is 5.02 Å². The molecule has 0 aliphatic carbocycles. The van der Waals surface area contributed by atoms with Gasteiger partial charge in [-0.05, 0) is 43.7 Å². The summed E-state index contributed by atoms with van der Waals surface area (Å²) < 4.78 is 2.08. The molecule has 0 fully saturated rings. The van der Waals surface area contributed by atoms with E-state index >= 15 is 0 Å². The molecule has 0 saturated heterocycles. The van der Waals surface area contributed by atoms with Crippen LogP contribution < -0.4 is 9.47 Å². The van der Waals surface area contributed by atoms with Gasteiger partial charge in [0.05, 0.1) is 0 Å². The summed E-state index contributed by atoms with van der Waals surface area (Å²) in [5.41, 5.74) is 3.35. The monoisotopic (exact) mass is 301 g/mol. The molecule has 1 aromatic carbocycles. The molecule has 0 amide bonds. The molecule has 2 aromatic rings. The van der Waals surface area contributed by atoms with Gasteiger partial charge in [-0.3, -0.25) is 0 Å². The average Bonchev–Trinajstić information content (AvgIpc) is 2.49. The molecule has 0 N–H and O–H groups in total. The summed E-state index contributed by atoms with van der Waals surface area (Å²) >= 11 is 6.41. The smallest absolute Gasteiger partial charge is 0.204 e. The van der Waals surface area contributed by atoms with Gasteiger partial charge in [0.15, 0.2) is 6.20 Å². The van der Waals surface area contributed by atoms with Crippen LogP contribution in [-0.4, -0.2) is 13.1 Å². The molecule has 0 aliphatic heterocycles. The zero-order valence-corrected chi connectivity index (χ0v) is 13.6. The Bertz CT molecular complexity index is 631. The molecular weight excluding hydrogens is 280 g/mol. The minimum absolute atomic E-state index is 0.786. The van der Waals surface area contributed by atoms with Crippen LogP contribution in [0.3, 0.4) is 0 Å². The Morgan fingerprint density at radius 1 is 1.10 bits per heavy atom. The first kappa shape index (κ1) is 15.6. The van der Waals surface area contributed by atoms with Crippen LogP contribution in [-0.2, 0) is 7.05 Å². The molecule has 2 rings (SSSR count). The van der Waals surface area contributed by atoms with Gasteiger partial charge in [0.25, 0.3) is 0 Å². The Morgan fingerprint density at radius 2 is 1.86 bits per heavy atom. The molecule has 0 bridgehead atoms. The number of aryl methyl sites for hydroxylation is 1. The predicted octanol–water partition coefficient (Wildman–Crippen LogP) is 4.18. The zero-order valence-electron chi connectivity index (χ0n) is 12.9. The maximum absolute atomic E-state index is 6.41. The molecule has 0 radical (unpaired) electrons. The highest BCUT2D eigenvalue weighted by molar-refractivity contribution is 6.32. The second kappa shape index (κ2) is 7.28. The lowest BCUT2D eigenvalue weighted by atomic mass is 10.1. The average molecular weight is 302 g/mol. The molecule has 21 heavy (non-hydrogen) atoms. The van der Waals surface area contributed by atoms with E-state index in [4.69, 9.17) is 11.6 Å². The van der Waals surface area contributed by atoms with Gasteiger partial charge < -0.3 is 4.90 Å². The first-order valence-corrected chi connectivity index (χ1v) is 7.70. The van der Waals surface area contributed by atoms with Crippen molar-refractivity contribution in [3.05, 3.63) is 58.9 Å². The second-order valence-electron chi connectivity index (χ2n) is 4.95. The molecule has 0 spiro atoms. The largest absolute Gasteiger partial charge is 0.372 e. The minimum Gasteiger partial charge on any atom is -0.372 e. The van der Waals surface area contributed by atoms with E-state index in [1.807, 2.05) is 31.4 Å². The Hall–Kier alpha value is -1.80. The van der Waals surface area contributed by atoms with Crippen LogP contribution in [0, 0.1) is 0 Å². The van der Waals surface area contributed by atoms with Crippen LogP contribution in [0.25, 0.3) is 12.2 Å². The summed E-state index contributed by atoms with van der Waals surface area (Å²) in [5.74, 6) is 0. The zero-order chi connectivity index (χ0) is 15.2. The van der Waals surface area contributed by atoms with Crippen LogP contribution in [0.1, 0.15) is 25.1 Å². The summed E-state index contributed by atoms with van der Waals surface area (Å²) in [6.07, 6.45) is 6.17. The van der Waals surface area contributed by atoms with Gasteiger partial charge in [-0.2, -0.15) is 0 Å². The third-order valence-corrected chi connectivity index (χ3v) is 3.97. The molecular formula is C18H22ClN2+. The van der Waals surface area contributed by atoms with E-state index in [-0.39, 0.29) is 0 Å². The van der Waals surface area contributed by atoms with Crippen molar-refractivity contribution in [3.63, 3.8) is 0 Å². The summed E-state index contributed by atoms with van der Waals surface area (Å²) in [6.45, 7) is 6.28. The van der Waals surface area contributed by atoms with Crippen molar-refractivity contribution in [3.8, 4) is 0 Å². The maximum Gasteiger partial charge on any atom is 0.204 e. The van der Waals surface area contributed by atoms with Crippen molar-refractivity contribution >= 4 is 29.4 Å². The topological polar surface area (TPSA) is 7.12 Å². The number of halogens is 1. The van der Waals surface area contributed by atoms with Gasteiger partial charge >= 0.3 is 0 Å². The fourth-order valence-electron chi connectivity index (χ4n) is 2.32. The first-order valence-electron chi connectivity index (χ1n) is 7.33. The SMILES string of the molecule is CCN(CC)c1ccc(/C=C/c2cccc[n+]2C)c(Cl)c1. The van der Waals surface area contributed by atoms with E-state index in [9.17, 15) is 0 Å². The number of benzene rings is 1. The van der Waals surface area contributed by atoms with Gasteiger partial charge in [0.1, 0.15) is 7.05 Å². The van der Waals surface area contributed by atoms with Crippen molar-refractivity contribution in [2.24, 2.45) is 7.05 Å². The molecule has 0 unspecified atom stereocenters. The van der Waals surface area contributed by atoms with Crippen LogP contribution in [0.4, 0.5) is 5.69 Å². The molecule has 2 nitrogen and oxygen atoms in total. The molecule has 0 saturated carbocycles. The van der Waals surface area contributed by atoms with E-state index in [0.29, 0.717) is 0 Å². The lowest BCUT2D eigenvalue weighted by Gasteiger charge is -2.21. The Balaban J connectivity index is 2.24. The molecule has 3 heteroatoms. The van der Waals surface area contributed by atoms with Crippen LogP contribution in [0.15, 0.2) is 42.6 Å². The van der Waals surface area contributed by atoms with Crippen molar-refractivity contribution in [2.75, 3.05) is 18.0 Å². The molecule has 110 valence electrons. The van der Waals surface area contributed by atoms with Gasteiger partial charge in [-0.1, -0.05) is 17.7 Å². The molecule has 0 atom stereocenters. The molecule has 1 heterocycles. The predicted molar refractivity (Wildman–Crippen MR) is 91.6 cm³/mol. The molecule has 1 aromatic heterocycles. The van der Waals surface area contributed by atoms with E-state index < -0.39 is 0 Å². The normalized spacial score (nSPS) is 11.0. The van der Waals surface area contributed by atoms with Gasteiger partial charge in [0, 0.05) is 42.0 Å². The summed E-state index contributed by atoms with van der Waals surface area (Å²) in [6, 6.07) is 12.4. The molecule has 0 aliphatic rings. The highest BCUT2D eigenvalue weighted by Gasteiger charge is 2.05. The fourth-order valence-corrected chi connectivity index (χ4v) is 2.56. The van der Waals surface area contributed by atoms with Crippen LogP contribution in [0.5, 0.6) is 0 Å². The van der Waals surface area contributed by atoms with Gasteiger partial charge in [0.2, 0.25) is 5.69 Å². The van der Waals surface area contributed by atoms with Crippen molar-refractivity contribution < 1.29 is 4.57 Å². The highest BCUT2D eigenvalue weighted by atomic mass is 35.5. The maximum atomic E-state index is 6.41. The number of anilines is 1. The van der Waals surface area contributed by atoms with Gasteiger partial charge in [-0.15, -0.1) is 0 Å². The summed E-state index contributed by atoms with van der Waals surface area (Å²) in [5, 5.41) is 0.786. The number of aromatic nitrogens is 1. The third kappa shape index (κ3) is 3.85. The summed E-state index contributed by atoms with van der Waals surface area (Å²) in [7, 11) is 2.03. The Morgan fingerprint density at radius 3 is 2.48 bits per heavy atom. The number of hydrogen-bond acceptors (Lipinski definition) is 1. The lowest BCUT2D eigenvalue weighted by Crippen LogP contribution is -2.30. The van der Waals surface area contributed by atoms with Crippen molar-refractivity contribution in [2.45, 2.75) is 13.8 Å². The number of pyridine rings is 1.